The zero-order chi connectivity index (χ0) is 15.9. The van der Waals surface area contributed by atoms with Gasteiger partial charge in [-0.05, 0) is 36.4 Å². The highest BCUT2D eigenvalue weighted by atomic mass is 19.1. The van der Waals surface area contributed by atoms with Gasteiger partial charge in [0, 0.05) is 26.0 Å². The Morgan fingerprint density at radius 2 is 1.86 bits per heavy atom. The number of fused-ring (bicyclic) bond motifs is 1. The summed E-state index contributed by atoms with van der Waals surface area (Å²) in [7, 11) is 3.90. The number of nitrogens with zero attached hydrogens (tertiary/aromatic N) is 3. The van der Waals surface area contributed by atoms with Crippen molar-refractivity contribution in [3.8, 4) is 5.69 Å². The van der Waals surface area contributed by atoms with Crippen LogP contribution in [0.25, 0.3) is 16.6 Å². The molecule has 1 heterocycles. The average molecular weight is 298 g/mol. The van der Waals surface area contributed by atoms with E-state index >= 15 is 0 Å². The van der Waals surface area contributed by atoms with Gasteiger partial charge in [0.25, 0.3) is 5.91 Å². The van der Waals surface area contributed by atoms with Gasteiger partial charge in [0.05, 0.1) is 16.6 Å². The maximum Gasteiger partial charge on any atom is 0.250 e. The molecule has 0 radical (unpaired) electrons. The number of carbonyl (C=O) groups is 1. The molecule has 0 saturated heterocycles. The number of halogens is 1. The smallest absolute Gasteiger partial charge is 0.250 e. The third-order valence-corrected chi connectivity index (χ3v) is 3.52. The summed E-state index contributed by atoms with van der Waals surface area (Å²) in [6.45, 7) is 0. The number of primary amides is 1. The van der Waals surface area contributed by atoms with Crippen LogP contribution in [0.5, 0.6) is 0 Å². The van der Waals surface area contributed by atoms with Crippen LogP contribution in [0.1, 0.15) is 10.4 Å². The summed E-state index contributed by atoms with van der Waals surface area (Å²) in [6, 6.07) is 10.2. The molecule has 0 spiro atoms. The minimum absolute atomic E-state index is 0.208. The minimum Gasteiger partial charge on any atom is -0.378 e. The molecular weight excluding hydrogens is 283 g/mol. The largest absolute Gasteiger partial charge is 0.378 e. The van der Waals surface area contributed by atoms with E-state index in [-0.39, 0.29) is 16.5 Å². The number of hydrogen-bond donors (Lipinski definition) is 1. The van der Waals surface area contributed by atoms with Crippen LogP contribution in [0.4, 0.5) is 10.1 Å². The number of amides is 1. The summed E-state index contributed by atoms with van der Waals surface area (Å²) in [6.07, 6.45) is 1.56. The summed E-state index contributed by atoms with van der Waals surface area (Å²) in [5.74, 6) is -1.06. The Kier molecular flexibility index (Phi) is 3.29. The molecule has 1 amide bonds. The van der Waals surface area contributed by atoms with Crippen LogP contribution in [0.15, 0.2) is 42.6 Å². The lowest BCUT2D eigenvalue weighted by Gasteiger charge is -2.12. The van der Waals surface area contributed by atoms with E-state index in [4.69, 9.17) is 5.73 Å². The highest BCUT2D eigenvalue weighted by Gasteiger charge is 2.14. The van der Waals surface area contributed by atoms with Crippen LogP contribution in [0, 0.1) is 5.82 Å². The molecule has 2 N–H and O–H groups in total. The Labute approximate surface area is 126 Å². The van der Waals surface area contributed by atoms with Gasteiger partial charge in [-0.2, -0.15) is 5.10 Å². The molecule has 0 saturated carbocycles. The van der Waals surface area contributed by atoms with Crippen molar-refractivity contribution >= 4 is 22.5 Å². The van der Waals surface area contributed by atoms with E-state index in [1.54, 1.807) is 10.9 Å². The highest BCUT2D eigenvalue weighted by molar-refractivity contribution is 6.04. The molecule has 1 aromatic heterocycles. The summed E-state index contributed by atoms with van der Waals surface area (Å²) in [5.41, 5.74) is 7.61. The second-order valence-electron chi connectivity index (χ2n) is 5.21. The standard InChI is InChI=1S/C16H15FN4O/c1-20(2)10-3-5-11(6-4-10)21-9-13-14(17)8-7-12(16(18)22)15(13)19-21/h3-9H,1-2H3,(H2,18,22). The molecule has 0 atom stereocenters. The first-order valence-electron chi connectivity index (χ1n) is 6.73. The molecule has 0 aliphatic rings. The molecule has 3 aromatic rings. The Morgan fingerprint density at radius 1 is 1.18 bits per heavy atom. The zero-order valence-electron chi connectivity index (χ0n) is 12.2. The molecule has 0 aliphatic heterocycles. The number of carbonyl (C=O) groups excluding carboxylic acids is 1. The van der Waals surface area contributed by atoms with Crippen LogP contribution in [0.2, 0.25) is 0 Å². The SMILES string of the molecule is CN(C)c1ccc(-n2cc3c(F)ccc(C(N)=O)c3n2)cc1. The van der Waals surface area contributed by atoms with E-state index in [2.05, 4.69) is 5.10 Å². The molecule has 0 fully saturated rings. The number of nitrogens with two attached hydrogens (primary N) is 1. The monoisotopic (exact) mass is 298 g/mol. The lowest BCUT2D eigenvalue weighted by atomic mass is 10.1. The van der Waals surface area contributed by atoms with Crippen molar-refractivity contribution in [1.82, 2.24) is 9.78 Å². The maximum atomic E-state index is 13.9. The first kappa shape index (κ1) is 14.1. The zero-order valence-corrected chi connectivity index (χ0v) is 12.2. The molecular formula is C16H15FN4O. The lowest BCUT2D eigenvalue weighted by Crippen LogP contribution is -2.11. The van der Waals surface area contributed by atoms with Crippen molar-refractivity contribution in [2.75, 3.05) is 19.0 Å². The summed E-state index contributed by atoms with van der Waals surface area (Å²) < 4.78 is 15.5. The summed E-state index contributed by atoms with van der Waals surface area (Å²) in [4.78, 5) is 13.4. The van der Waals surface area contributed by atoms with Crippen LogP contribution in [-0.2, 0) is 0 Å². The second kappa shape index (κ2) is 5.14. The van der Waals surface area contributed by atoms with Gasteiger partial charge >= 0.3 is 0 Å². The first-order valence-corrected chi connectivity index (χ1v) is 6.73. The molecule has 22 heavy (non-hydrogen) atoms. The molecule has 0 unspecified atom stereocenters. The van der Waals surface area contributed by atoms with E-state index < -0.39 is 11.7 Å². The van der Waals surface area contributed by atoms with Gasteiger partial charge in [-0.1, -0.05) is 0 Å². The van der Waals surface area contributed by atoms with Crippen LogP contribution >= 0.6 is 0 Å². The van der Waals surface area contributed by atoms with Crippen LogP contribution < -0.4 is 10.6 Å². The van der Waals surface area contributed by atoms with Crippen molar-refractivity contribution in [1.29, 1.82) is 0 Å². The Balaban J connectivity index is 2.14. The number of anilines is 1. The minimum atomic E-state index is -0.627. The molecule has 112 valence electrons. The molecule has 6 heteroatoms. The number of benzene rings is 2. The van der Waals surface area contributed by atoms with Crippen molar-refractivity contribution < 1.29 is 9.18 Å². The number of aromatic nitrogens is 2. The van der Waals surface area contributed by atoms with Gasteiger partial charge in [-0.25, -0.2) is 9.07 Å². The maximum absolute atomic E-state index is 13.9. The lowest BCUT2D eigenvalue weighted by molar-refractivity contribution is 0.100. The quantitative estimate of drug-likeness (QED) is 0.807. The molecule has 0 aliphatic carbocycles. The van der Waals surface area contributed by atoms with E-state index in [9.17, 15) is 9.18 Å². The van der Waals surface area contributed by atoms with Crippen molar-refractivity contribution in [2.45, 2.75) is 0 Å². The predicted octanol–water partition coefficient (Wildman–Crippen LogP) is 2.33. The van der Waals surface area contributed by atoms with Crippen molar-refractivity contribution in [3.63, 3.8) is 0 Å². The molecule has 2 aromatic carbocycles. The Hall–Kier alpha value is -2.89. The molecule has 5 nitrogen and oxygen atoms in total. The fourth-order valence-electron chi connectivity index (χ4n) is 2.31. The second-order valence-corrected chi connectivity index (χ2v) is 5.21. The normalized spacial score (nSPS) is 10.9. The average Bonchev–Trinajstić information content (AvgIpc) is 2.93. The Bertz CT molecular complexity index is 852. The topological polar surface area (TPSA) is 64.2 Å². The fraction of sp³-hybridized carbons (Fsp3) is 0.125. The van der Waals surface area contributed by atoms with Crippen molar-refractivity contribution in [2.24, 2.45) is 5.73 Å². The third kappa shape index (κ3) is 2.28. The van der Waals surface area contributed by atoms with Gasteiger partial charge in [0.15, 0.2) is 0 Å². The van der Waals surface area contributed by atoms with Crippen molar-refractivity contribution in [3.05, 3.63) is 54.0 Å². The molecule has 0 bridgehead atoms. The van der Waals surface area contributed by atoms with Crippen LogP contribution in [-0.4, -0.2) is 29.8 Å². The number of rotatable bonds is 3. The van der Waals surface area contributed by atoms with E-state index in [0.717, 1.165) is 11.4 Å². The van der Waals surface area contributed by atoms with E-state index in [0.29, 0.717) is 0 Å². The van der Waals surface area contributed by atoms with Gasteiger partial charge in [-0.15, -0.1) is 0 Å². The summed E-state index contributed by atoms with van der Waals surface area (Å²) in [5, 5.41) is 4.57. The predicted molar refractivity (Wildman–Crippen MR) is 83.9 cm³/mol. The van der Waals surface area contributed by atoms with Gasteiger partial charge < -0.3 is 10.6 Å². The van der Waals surface area contributed by atoms with Gasteiger partial charge in [-0.3, -0.25) is 4.79 Å². The number of hydrogen-bond acceptors (Lipinski definition) is 3. The van der Waals surface area contributed by atoms with Crippen LogP contribution in [0.3, 0.4) is 0 Å². The third-order valence-electron chi connectivity index (χ3n) is 3.52. The van der Waals surface area contributed by atoms with E-state index in [1.807, 2.05) is 43.3 Å². The first-order chi connectivity index (χ1) is 10.5. The highest BCUT2D eigenvalue weighted by Crippen LogP contribution is 2.23. The fourth-order valence-corrected chi connectivity index (χ4v) is 2.31. The van der Waals surface area contributed by atoms with Gasteiger partial charge in [0.2, 0.25) is 0 Å². The van der Waals surface area contributed by atoms with Gasteiger partial charge in [0.1, 0.15) is 11.3 Å². The van der Waals surface area contributed by atoms with E-state index in [1.165, 1.54) is 12.1 Å². The summed E-state index contributed by atoms with van der Waals surface area (Å²) >= 11 is 0. The molecule has 3 rings (SSSR count). The Morgan fingerprint density at radius 3 is 2.45 bits per heavy atom.